The molecule has 0 aliphatic rings. The smallest absolute Gasteiger partial charge is 0.221 e. The van der Waals surface area contributed by atoms with Crippen LogP contribution >= 0.6 is 24.0 Å². The molecule has 0 aromatic heterocycles. The highest BCUT2D eigenvalue weighted by Gasteiger charge is 2.25. The van der Waals surface area contributed by atoms with Gasteiger partial charge in [0.05, 0.1) is 0 Å². The normalized spacial score (nSPS) is 11.5. The molecule has 3 aromatic rings. The molecule has 0 spiro atoms. The monoisotopic (exact) mass is 378 g/mol. The molecule has 1 atom stereocenters. The van der Waals surface area contributed by atoms with Gasteiger partial charge in [-0.2, -0.15) is 0 Å². The lowest BCUT2D eigenvalue weighted by atomic mass is 10.00. The van der Waals surface area contributed by atoms with Crippen LogP contribution in [0, 0.1) is 0 Å². The van der Waals surface area contributed by atoms with Crippen molar-refractivity contribution in [1.29, 1.82) is 0 Å². The average Bonchev–Trinajstić information content (AvgIpc) is 2.72. The second kappa shape index (κ2) is 9.32. The van der Waals surface area contributed by atoms with E-state index in [0.29, 0.717) is 15.7 Å². The summed E-state index contributed by atoms with van der Waals surface area (Å²) in [6.07, 6.45) is -0.741. The zero-order valence-electron chi connectivity index (χ0n) is 14.1. The number of hydrogen-bond donors (Lipinski definition) is 0. The third-order valence-electron chi connectivity index (χ3n) is 3.81. The Morgan fingerprint density at radius 3 is 2.00 bits per heavy atom. The summed E-state index contributed by atoms with van der Waals surface area (Å²) < 4.78 is 6.29. The molecule has 26 heavy (non-hydrogen) atoms. The lowest BCUT2D eigenvalue weighted by Gasteiger charge is -2.18. The van der Waals surface area contributed by atoms with Crippen molar-refractivity contribution in [3.8, 4) is 0 Å². The van der Waals surface area contributed by atoms with Crippen LogP contribution in [0.15, 0.2) is 91.0 Å². The Kier molecular flexibility index (Phi) is 6.58. The third-order valence-corrected chi connectivity index (χ3v) is 5.07. The van der Waals surface area contributed by atoms with Crippen molar-refractivity contribution in [1.82, 2.24) is 0 Å². The van der Waals surface area contributed by atoms with E-state index in [-0.39, 0.29) is 5.78 Å². The molecule has 0 saturated heterocycles. The summed E-state index contributed by atoms with van der Waals surface area (Å²) in [6, 6.07) is 28.7. The van der Waals surface area contributed by atoms with E-state index in [1.165, 1.54) is 11.8 Å². The minimum Gasteiger partial charge on any atom is -0.462 e. The summed E-state index contributed by atoms with van der Waals surface area (Å²) in [5, 5.41) is 0. The highest BCUT2D eigenvalue weighted by Crippen LogP contribution is 2.26. The fourth-order valence-corrected chi connectivity index (χ4v) is 3.42. The first-order valence-electron chi connectivity index (χ1n) is 8.25. The minimum atomic E-state index is -0.741. The number of carbonyl (C=O) groups excluding carboxylic acids is 1. The van der Waals surface area contributed by atoms with Crippen molar-refractivity contribution in [3.05, 3.63) is 108 Å². The van der Waals surface area contributed by atoms with Crippen LogP contribution in [0.4, 0.5) is 0 Å². The Bertz CT molecular complexity index is 849. The number of benzene rings is 3. The number of thiocarbonyl (C=S) groups is 1. The van der Waals surface area contributed by atoms with Crippen molar-refractivity contribution < 1.29 is 9.53 Å². The van der Waals surface area contributed by atoms with Gasteiger partial charge < -0.3 is 4.74 Å². The number of carbonyl (C=O) groups is 1. The molecular formula is C22H18O2S2. The van der Waals surface area contributed by atoms with Crippen molar-refractivity contribution >= 4 is 34.1 Å². The zero-order valence-corrected chi connectivity index (χ0v) is 15.7. The lowest BCUT2D eigenvalue weighted by Crippen LogP contribution is -2.18. The fourth-order valence-electron chi connectivity index (χ4n) is 2.50. The van der Waals surface area contributed by atoms with Gasteiger partial charge in [-0.15, -0.1) is 0 Å². The molecule has 0 aliphatic heterocycles. The summed E-state index contributed by atoms with van der Waals surface area (Å²) in [5.41, 5.74) is 2.57. The van der Waals surface area contributed by atoms with Gasteiger partial charge in [0.15, 0.2) is 6.10 Å². The molecular weight excluding hydrogens is 360 g/mol. The predicted molar refractivity (Wildman–Crippen MR) is 111 cm³/mol. The quantitative estimate of drug-likeness (QED) is 0.397. The van der Waals surface area contributed by atoms with Crippen molar-refractivity contribution in [2.45, 2.75) is 11.9 Å². The van der Waals surface area contributed by atoms with Gasteiger partial charge in [0, 0.05) is 16.9 Å². The fraction of sp³-hybridized carbons (Fsp3) is 0.0909. The molecule has 0 bridgehead atoms. The molecule has 0 radical (unpaired) electrons. The van der Waals surface area contributed by atoms with Gasteiger partial charge in [-0.3, -0.25) is 4.79 Å². The molecule has 0 fully saturated rings. The molecule has 0 heterocycles. The summed E-state index contributed by atoms with van der Waals surface area (Å²) in [6.45, 7) is 0. The number of thioether (sulfide) groups is 1. The number of ketones is 1. The second-order valence-electron chi connectivity index (χ2n) is 5.66. The van der Waals surface area contributed by atoms with Crippen LogP contribution in [0.5, 0.6) is 0 Å². The summed E-state index contributed by atoms with van der Waals surface area (Å²) in [7, 11) is 0. The maximum atomic E-state index is 13.0. The first-order chi connectivity index (χ1) is 12.7. The summed E-state index contributed by atoms with van der Waals surface area (Å²) in [4.78, 5) is 13.0. The van der Waals surface area contributed by atoms with Gasteiger partial charge in [0.2, 0.25) is 10.2 Å². The van der Waals surface area contributed by atoms with E-state index < -0.39 is 6.10 Å². The van der Waals surface area contributed by atoms with E-state index in [1.54, 1.807) is 12.1 Å². The molecule has 0 aliphatic carbocycles. The Hall–Kier alpha value is -2.43. The highest BCUT2D eigenvalue weighted by atomic mass is 32.2. The van der Waals surface area contributed by atoms with Crippen LogP contribution in [0.2, 0.25) is 0 Å². The lowest BCUT2D eigenvalue weighted by molar-refractivity contribution is 0.0786. The Labute approximate surface area is 163 Å². The average molecular weight is 379 g/mol. The predicted octanol–water partition coefficient (Wildman–Crippen LogP) is 5.85. The third kappa shape index (κ3) is 5.04. The van der Waals surface area contributed by atoms with Crippen LogP contribution in [0.1, 0.15) is 27.6 Å². The van der Waals surface area contributed by atoms with E-state index >= 15 is 0 Å². The second-order valence-corrected chi connectivity index (χ2v) is 7.24. The van der Waals surface area contributed by atoms with Crippen LogP contribution in [-0.2, 0) is 10.5 Å². The molecule has 0 N–H and O–H groups in total. The van der Waals surface area contributed by atoms with Crippen LogP contribution < -0.4 is 0 Å². The molecule has 0 saturated carbocycles. The number of ether oxygens (including phenoxy) is 1. The van der Waals surface area contributed by atoms with Crippen molar-refractivity contribution in [2.75, 3.05) is 0 Å². The Balaban J connectivity index is 1.73. The summed E-state index contributed by atoms with van der Waals surface area (Å²) >= 11 is 6.81. The van der Waals surface area contributed by atoms with Gasteiger partial charge in [-0.1, -0.05) is 103 Å². The van der Waals surface area contributed by atoms with Gasteiger partial charge in [-0.25, -0.2) is 0 Å². The van der Waals surface area contributed by atoms with E-state index in [4.69, 9.17) is 17.0 Å². The van der Waals surface area contributed by atoms with E-state index in [2.05, 4.69) is 0 Å². The maximum Gasteiger partial charge on any atom is 0.221 e. The Morgan fingerprint density at radius 2 is 1.38 bits per heavy atom. The van der Waals surface area contributed by atoms with Crippen molar-refractivity contribution in [3.63, 3.8) is 0 Å². The maximum absolute atomic E-state index is 13.0. The molecule has 0 amide bonds. The molecule has 3 rings (SSSR count). The van der Waals surface area contributed by atoms with Crippen LogP contribution in [-0.4, -0.2) is 10.2 Å². The molecule has 130 valence electrons. The topological polar surface area (TPSA) is 26.3 Å². The highest BCUT2D eigenvalue weighted by molar-refractivity contribution is 8.22. The van der Waals surface area contributed by atoms with Crippen LogP contribution in [0.3, 0.4) is 0 Å². The van der Waals surface area contributed by atoms with E-state index in [0.717, 1.165) is 11.1 Å². The van der Waals surface area contributed by atoms with Gasteiger partial charge in [-0.05, 0) is 17.8 Å². The van der Waals surface area contributed by atoms with E-state index in [1.807, 2.05) is 78.9 Å². The molecule has 3 aromatic carbocycles. The van der Waals surface area contributed by atoms with Gasteiger partial charge in [0.25, 0.3) is 0 Å². The number of rotatable bonds is 6. The summed E-state index contributed by atoms with van der Waals surface area (Å²) in [5.74, 6) is 0.611. The van der Waals surface area contributed by atoms with Crippen molar-refractivity contribution in [2.24, 2.45) is 0 Å². The Morgan fingerprint density at radius 1 is 0.846 bits per heavy atom. The SMILES string of the molecule is O=C(c1ccccc1)C(OC(=S)SCc1ccccc1)c1ccccc1. The standard InChI is InChI=1S/C22H18O2S2/c23-20(18-12-6-2-7-13-18)21(19-14-8-3-9-15-19)24-22(25)26-16-17-10-4-1-5-11-17/h1-15,21H,16H2. The number of Topliss-reactive ketones (excluding diaryl/α,β-unsaturated/α-hetero) is 1. The molecule has 1 unspecified atom stereocenters. The number of hydrogen-bond acceptors (Lipinski definition) is 4. The van der Waals surface area contributed by atoms with Gasteiger partial charge >= 0.3 is 0 Å². The minimum absolute atomic E-state index is 0.0977. The molecule has 4 heteroatoms. The molecule has 2 nitrogen and oxygen atoms in total. The van der Waals surface area contributed by atoms with E-state index in [9.17, 15) is 4.79 Å². The largest absolute Gasteiger partial charge is 0.462 e. The van der Waals surface area contributed by atoms with Crippen LogP contribution in [0.25, 0.3) is 0 Å². The van der Waals surface area contributed by atoms with Gasteiger partial charge in [0.1, 0.15) is 0 Å². The first-order valence-corrected chi connectivity index (χ1v) is 9.65. The first kappa shape index (κ1) is 18.4. The zero-order chi connectivity index (χ0) is 18.2.